The van der Waals surface area contributed by atoms with Gasteiger partial charge < -0.3 is 19.5 Å². The predicted molar refractivity (Wildman–Crippen MR) is 154 cm³/mol. The molecule has 0 atom stereocenters. The summed E-state index contributed by atoms with van der Waals surface area (Å²) in [5.74, 6) is -0.358. The van der Waals surface area contributed by atoms with Crippen molar-refractivity contribution in [3.05, 3.63) is 64.8 Å². The molecule has 1 spiro atoms. The molecule has 2 aliphatic heterocycles. The van der Waals surface area contributed by atoms with Crippen LogP contribution in [0.4, 0.5) is 10.5 Å². The number of amides is 4. The molecule has 10 heteroatoms. The second-order valence-corrected chi connectivity index (χ2v) is 17.7. The van der Waals surface area contributed by atoms with E-state index in [0.717, 1.165) is 21.4 Å². The molecule has 4 amide bonds. The average Bonchev–Trinajstić information content (AvgIpc) is 3.37. The van der Waals surface area contributed by atoms with Crippen molar-refractivity contribution in [3.63, 3.8) is 0 Å². The minimum atomic E-state index is -1.24. The van der Waals surface area contributed by atoms with Crippen LogP contribution in [0.3, 0.4) is 0 Å². The fourth-order valence-electron chi connectivity index (χ4n) is 5.12. The molecular weight excluding hydrogens is 564 g/mol. The van der Waals surface area contributed by atoms with E-state index < -0.39 is 19.6 Å². The van der Waals surface area contributed by atoms with Crippen LogP contribution in [0.5, 0.6) is 0 Å². The fraction of sp³-hybridized carbons (Fsp3) is 0.393. The second kappa shape index (κ2) is 10.3. The van der Waals surface area contributed by atoms with Crippen LogP contribution in [0.25, 0.3) is 10.9 Å². The average molecular weight is 598 g/mol. The number of benzene rings is 2. The van der Waals surface area contributed by atoms with E-state index >= 15 is 0 Å². The summed E-state index contributed by atoms with van der Waals surface area (Å²) in [6, 6.07) is 17.4. The van der Waals surface area contributed by atoms with Crippen LogP contribution in [0.2, 0.25) is 25.7 Å². The van der Waals surface area contributed by atoms with Crippen LogP contribution in [0, 0.1) is 0 Å². The summed E-state index contributed by atoms with van der Waals surface area (Å²) in [5.41, 5.74) is 1.05. The Kier molecular flexibility index (Phi) is 7.23. The lowest BCUT2D eigenvalue weighted by Gasteiger charge is -2.37. The number of nitrogens with one attached hydrogen (secondary N) is 1. The highest BCUT2D eigenvalue weighted by Crippen LogP contribution is 2.34. The summed E-state index contributed by atoms with van der Waals surface area (Å²) < 4.78 is 8.91. The third-order valence-electron chi connectivity index (χ3n) is 7.41. The Hall–Kier alpha value is -2.95. The van der Waals surface area contributed by atoms with Gasteiger partial charge in [0.25, 0.3) is 11.8 Å². The lowest BCUT2D eigenvalue weighted by Crippen LogP contribution is -2.56. The lowest BCUT2D eigenvalue weighted by atomic mass is 9.87. The van der Waals surface area contributed by atoms with Gasteiger partial charge in [-0.3, -0.25) is 9.59 Å². The molecular formula is C28H33BrN4O4Si. The summed E-state index contributed by atoms with van der Waals surface area (Å²) in [4.78, 5) is 42.9. The van der Waals surface area contributed by atoms with E-state index in [1.807, 2.05) is 34.9 Å². The molecule has 1 N–H and O–H groups in total. The van der Waals surface area contributed by atoms with Gasteiger partial charge in [0.1, 0.15) is 18.0 Å². The van der Waals surface area contributed by atoms with Crippen LogP contribution < -0.4 is 10.2 Å². The highest BCUT2D eigenvalue weighted by molar-refractivity contribution is 9.10. The number of fused-ring (bicyclic) bond motifs is 1. The number of likely N-dealkylation sites (tertiary alicyclic amines) is 1. The lowest BCUT2D eigenvalue weighted by molar-refractivity contribution is -0.123. The number of para-hydroxylation sites is 1. The molecule has 2 saturated heterocycles. The van der Waals surface area contributed by atoms with E-state index in [1.54, 1.807) is 29.2 Å². The molecule has 2 aromatic carbocycles. The van der Waals surface area contributed by atoms with Crippen molar-refractivity contribution >= 4 is 58.4 Å². The maximum atomic E-state index is 13.8. The van der Waals surface area contributed by atoms with Crippen molar-refractivity contribution in [1.29, 1.82) is 0 Å². The zero-order valence-electron chi connectivity index (χ0n) is 22.0. The van der Waals surface area contributed by atoms with Gasteiger partial charge in [0.15, 0.2) is 0 Å². The number of anilines is 1. The van der Waals surface area contributed by atoms with Crippen molar-refractivity contribution in [1.82, 2.24) is 14.8 Å². The standard InChI is InChI=1S/C28H33BrN4O4Si/c1-38(2,3)17-16-37-19-32-23-11-7-10-22(29)21(23)18-24(32)25(34)31-14-12-28(13-15-31)26(35)33(27(36)30-28)20-8-5-4-6-9-20/h4-11,18H,12-17,19H2,1-3H3,(H,30,36). The number of ether oxygens (including phenoxy) is 1. The monoisotopic (exact) mass is 596 g/mol. The van der Waals surface area contributed by atoms with Gasteiger partial charge >= 0.3 is 6.03 Å². The maximum Gasteiger partial charge on any atom is 0.329 e. The van der Waals surface area contributed by atoms with E-state index in [9.17, 15) is 14.4 Å². The summed E-state index contributed by atoms with van der Waals surface area (Å²) in [6.45, 7) is 8.62. The quantitative estimate of drug-likeness (QED) is 0.223. The van der Waals surface area contributed by atoms with Gasteiger partial charge in [-0.2, -0.15) is 0 Å². The zero-order chi connectivity index (χ0) is 27.1. The van der Waals surface area contributed by atoms with E-state index in [0.29, 0.717) is 50.7 Å². The van der Waals surface area contributed by atoms with E-state index in [-0.39, 0.29) is 11.8 Å². The largest absolute Gasteiger partial charge is 0.361 e. The number of hydrogen-bond acceptors (Lipinski definition) is 4. The Morgan fingerprint density at radius 1 is 1.05 bits per heavy atom. The molecule has 0 saturated carbocycles. The number of piperidine rings is 1. The van der Waals surface area contributed by atoms with E-state index in [2.05, 4.69) is 40.9 Å². The van der Waals surface area contributed by atoms with Gasteiger partial charge in [-0.1, -0.05) is 59.8 Å². The molecule has 2 aliphatic rings. The third kappa shape index (κ3) is 5.04. The van der Waals surface area contributed by atoms with Crippen molar-refractivity contribution in [2.24, 2.45) is 0 Å². The number of urea groups is 1. The molecule has 38 heavy (non-hydrogen) atoms. The Labute approximate surface area is 232 Å². The molecule has 3 aromatic rings. The summed E-state index contributed by atoms with van der Waals surface area (Å²) in [5, 5.41) is 3.88. The number of aromatic nitrogens is 1. The minimum absolute atomic E-state index is 0.103. The number of halogens is 1. The topological polar surface area (TPSA) is 83.9 Å². The Morgan fingerprint density at radius 3 is 2.45 bits per heavy atom. The number of nitrogens with zero attached hydrogens (tertiary/aromatic N) is 3. The van der Waals surface area contributed by atoms with Gasteiger partial charge in [-0.05, 0) is 49.2 Å². The van der Waals surface area contributed by atoms with Crippen LogP contribution >= 0.6 is 15.9 Å². The first-order valence-corrected chi connectivity index (χ1v) is 17.5. The van der Waals surface area contributed by atoms with Crippen LogP contribution in [-0.4, -0.2) is 60.6 Å². The molecule has 5 rings (SSSR count). The molecule has 0 unspecified atom stereocenters. The molecule has 8 nitrogen and oxygen atoms in total. The van der Waals surface area contributed by atoms with Gasteiger partial charge in [0.2, 0.25) is 0 Å². The first-order chi connectivity index (χ1) is 18.1. The SMILES string of the molecule is C[Si](C)(C)CCOCn1c(C(=O)N2CCC3(CC2)NC(=O)N(c2ccccc2)C3=O)cc2c(Br)cccc21. The molecule has 0 aliphatic carbocycles. The van der Waals surface area contributed by atoms with Crippen LogP contribution in [-0.2, 0) is 16.3 Å². The minimum Gasteiger partial charge on any atom is -0.361 e. The van der Waals surface area contributed by atoms with Gasteiger partial charge in [0, 0.05) is 37.6 Å². The Bertz CT molecular complexity index is 1380. The Morgan fingerprint density at radius 2 is 1.76 bits per heavy atom. The number of carbonyl (C=O) groups is 3. The number of carbonyl (C=O) groups excluding carboxylic acids is 3. The van der Waals surface area contributed by atoms with Gasteiger partial charge in [-0.15, -0.1) is 0 Å². The second-order valence-electron chi connectivity index (χ2n) is 11.3. The van der Waals surface area contributed by atoms with Crippen molar-refractivity contribution in [2.75, 3.05) is 24.6 Å². The van der Waals surface area contributed by atoms with E-state index in [4.69, 9.17) is 4.74 Å². The summed E-state index contributed by atoms with van der Waals surface area (Å²) in [6.07, 6.45) is 0.729. The highest BCUT2D eigenvalue weighted by Gasteiger charge is 2.53. The van der Waals surface area contributed by atoms with Crippen LogP contribution in [0.15, 0.2) is 59.1 Å². The third-order valence-corrected chi connectivity index (χ3v) is 9.80. The number of imide groups is 1. The molecule has 200 valence electrons. The maximum absolute atomic E-state index is 13.8. The Balaban J connectivity index is 1.33. The fourth-order valence-corrected chi connectivity index (χ4v) is 6.35. The zero-order valence-corrected chi connectivity index (χ0v) is 24.6. The number of hydrogen-bond donors (Lipinski definition) is 1. The normalized spacial score (nSPS) is 17.5. The molecule has 0 bridgehead atoms. The van der Waals surface area contributed by atoms with Crippen molar-refractivity contribution in [3.8, 4) is 0 Å². The van der Waals surface area contributed by atoms with Crippen molar-refractivity contribution in [2.45, 2.75) is 50.8 Å². The van der Waals surface area contributed by atoms with Gasteiger partial charge in [-0.25, -0.2) is 9.69 Å². The van der Waals surface area contributed by atoms with Crippen molar-refractivity contribution < 1.29 is 19.1 Å². The summed E-state index contributed by atoms with van der Waals surface area (Å²) in [7, 11) is -1.24. The predicted octanol–water partition coefficient (Wildman–Crippen LogP) is 5.45. The summed E-state index contributed by atoms with van der Waals surface area (Å²) >= 11 is 3.62. The molecule has 2 fully saturated rings. The number of rotatable bonds is 7. The molecule has 3 heterocycles. The molecule has 1 aromatic heterocycles. The highest BCUT2D eigenvalue weighted by atomic mass is 79.9. The smallest absolute Gasteiger partial charge is 0.329 e. The first kappa shape index (κ1) is 26.6. The van der Waals surface area contributed by atoms with Crippen LogP contribution in [0.1, 0.15) is 23.3 Å². The first-order valence-electron chi connectivity index (χ1n) is 13.0. The van der Waals surface area contributed by atoms with E-state index in [1.165, 1.54) is 4.90 Å². The molecule has 0 radical (unpaired) electrons. The van der Waals surface area contributed by atoms with Gasteiger partial charge in [0.05, 0.1) is 11.2 Å².